The van der Waals surface area contributed by atoms with Crippen LogP contribution >= 0.6 is 0 Å². The van der Waals surface area contributed by atoms with Gasteiger partial charge in [-0.05, 0) is 47.5 Å². The van der Waals surface area contributed by atoms with E-state index in [1.54, 1.807) is 43.5 Å². The molecule has 30 heavy (non-hydrogen) atoms. The van der Waals surface area contributed by atoms with E-state index < -0.39 is 11.6 Å². The monoisotopic (exact) mass is 402 g/mol. The second-order valence-electron chi connectivity index (χ2n) is 6.44. The van der Waals surface area contributed by atoms with Crippen molar-refractivity contribution in [2.75, 3.05) is 13.7 Å². The highest BCUT2D eigenvalue weighted by molar-refractivity contribution is 5.94. The number of ether oxygens (including phenoxy) is 3. The molecule has 0 saturated heterocycles. The van der Waals surface area contributed by atoms with E-state index in [-0.39, 0.29) is 12.4 Å². The van der Waals surface area contributed by atoms with Crippen LogP contribution in [0, 0.1) is 0 Å². The number of methoxy groups -OCH3 is 1. The summed E-state index contributed by atoms with van der Waals surface area (Å²) < 4.78 is 21.1. The molecule has 0 fully saturated rings. The quantitative estimate of drug-likeness (QED) is 0.269. The van der Waals surface area contributed by atoms with Crippen LogP contribution in [0.25, 0.3) is 22.1 Å². The molecule has 4 rings (SSSR count). The maximum Gasteiger partial charge on any atom is 0.349 e. The van der Waals surface area contributed by atoms with E-state index in [1.165, 1.54) is 12.1 Å². The predicted octanol–water partition coefficient (Wildman–Crippen LogP) is 4.45. The third-order valence-corrected chi connectivity index (χ3v) is 4.45. The van der Waals surface area contributed by atoms with E-state index in [0.29, 0.717) is 17.1 Å². The van der Waals surface area contributed by atoms with Gasteiger partial charge in [0.1, 0.15) is 22.8 Å². The molecule has 0 saturated carbocycles. The fourth-order valence-corrected chi connectivity index (χ4v) is 3.04. The summed E-state index contributed by atoms with van der Waals surface area (Å²) >= 11 is 0. The van der Waals surface area contributed by atoms with Gasteiger partial charge in [0.25, 0.3) is 0 Å². The molecule has 0 unspecified atom stereocenters. The molecule has 1 heterocycles. The molecule has 150 valence electrons. The van der Waals surface area contributed by atoms with Crippen molar-refractivity contribution >= 4 is 16.9 Å². The Labute approximate surface area is 172 Å². The lowest BCUT2D eigenvalue weighted by Gasteiger charge is -2.09. The largest absolute Gasteiger partial charge is 0.497 e. The third-order valence-electron chi connectivity index (χ3n) is 4.45. The Balaban J connectivity index is 1.50. The molecular formula is C24H18O6. The maximum absolute atomic E-state index is 12.1. The number of benzene rings is 3. The van der Waals surface area contributed by atoms with E-state index in [9.17, 15) is 9.59 Å². The van der Waals surface area contributed by atoms with Crippen molar-refractivity contribution in [3.05, 3.63) is 89.3 Å². The van der Waals surface area contributed by atoms with Crippen molar-refractivity contribution < 1.29 is 23.4 Å². The van der Waals surface area contributed by atoms with Crippen LogP contribution in [-0.4, -0.2) is 19.7 Å². The lowest BCUT2D eigenvalue weighted by molar-refractivity contribution is -0.136. The van der Waals surface area contributed by atoms with Crippen LogP contribution in [0.3, 0.4) is 0 Å². The summed E-state index contributed by atoms with van der Waals surface area (Å²) in [5.74, 6) is 0.896. The summed E-state index contributed by atoms with van der Waals surface area (Å²) in [7, 11) is 1.57. The number of rotatable bonds is 6. The van der Waals surface area contributed by atoms with Crippen molar-refractivity contribution in [1.82, 2.24) is 0 Å². The number of fused-ring (bicyclic) bond motifs is 1. The van der Waals surface area contributed by atoms with Crippen LogP contribution in [-0.2, 0) is 4.79 Å². The molecule has 0 aliphatic rings. The van der Waals surface area contributed by atoms with Crippen LogP contribution < -0.4 is 19.8 Å². The molecule has 0 aliphatic heterocycles. The zero-order valence-corrected chi connectivity index (χ0v) is 16.2. The molecule has 4 aromatic rings. The van der Waals surface area contributed by atoms with Crippen molar-refractivity contribution in [3.63, 3.8) is 0 Å². The highest BCUT2D eigenvalue weighted by Gasteiger charge is 2.11. The van der Waals surface area contributed by atoms with Crippen LogP contribution in [0.5, 0.6) is 17.2 Å². The smallest absolute Gasteiger partial charge is 0.349 e. The van der Waals surface area contributed by atoms with Gasteiger partial charge in [0, 0.05) is 17.5 Å². The third kappa shape index (κ3) is 4.33. The van der Waals surface area contributed by atoms with Crippen LogP contribution in [0.4, 0.5) is 0 Å². The highest BCUT2D eigenvalue weighted by atomic mass is 16.6. The van der Waals surface area contributed by atoms with Gasteiger partial charge in [0.2, 0.25) is 0 Å². The second kappa shape index (κ2) is 8.53. The maximum atomic E-state index is 12.1. The van der Waals surface area contributed by atoms with Crippen LogP contribution in [0.15, 0.2) is 88.1 Å². The predicted molar refractivity (Wildman–Crippen MR) is 112 cm³/mol. The molecule has 0 bridgehead atoms. The highest BCUT2D eigenvalue weighted by Crippen LogP contribution is 2.29. The van der Waals surface area contributed by atoms with Gasteiger partial charge < -0.3 is 18.6 Å². The summed E-state index contributed by atoms with van der Waals surface area (Å²) in [6.45, 7) is -0.266. The molecule has 0 radical (unpaired) electrons. The minimum Gasteiger partial charge on any atom is -0.497 e. The molecule has 0 atom stereocenters. The van der Waals surface area contributed by atoms with Crippen molar-refractivity contribution in [1.29, 1.82) is 0 Å². The van der Waals surface area contributed by atoms with E-state index >= 15 is 0 Å². The van der Waals surface area contributed by atoms with Gasteiger partial charge in [-0.2, -0.15) is 0 Å². The van der Waals surface area contributed by atoms with Gasteiger partial charge in [-0.25, -0.2) is 9.59 Å². The first-order valence-corrected chi connectivity index (χ1v) is 9.23. The standard InChI is InChI=1S/C24H18O6/c1-27-17-7-9-18(10-8-17)28-15-24(26)29-19-11-12-20-21(16-5-3-2-4-6-16)14-23(25)30-22(20)13-19/h2-14H,15H2,1H3. The molecule has 6 nitrogen and oxygen atoms in total. The summed E-state index contributed by atoms with van der Waals surface area (Å²) in [5.41, 5.74) is 1.51. The summed E-state index contributed by atoms with van der Waals surface area (Å²) in [6.07, 6.45) is 0. The summed E-state index contributed by atoms with van der Waals surface area (Å²) in [4.78, 5) is 24.1. The molecule has 1 aromatic heterocycles. The second-order valence-corrected chi connectivity index (χ2v) is 6.44. The van der Waals surface area contributed by atoms with Crippen molar-refractivity contribution in [3.8, 4) is 28.4 Å². The molecular weight excluding hydrogens is 384 g/mol. The number of esters is 1. The molecule has 0 spiro atoms. The van der Waals surface area contributed by atoms with E-state index in [1.807, 2.05) is 30.3 Å². The Bertz CT molecular complexity index is 1230. The van der Waals surface area contributed by atoms with Crippen LogP contribution in [0.2, 0.25) is 0 Å². The first-order valence-electron chi connectivity index (χ1n) is 9.23. The fourth-order valence-electron chi connectivity index (χ4n) is 3.04. The van der Waals surface area contributed by atoms with Gasteiger partial charge in [0.15, 0.2) is 6.61 Å². The first-order chi connectivity index (χ1) is 14.6. The number of carbonyl (C=O) groups is 1. The average molecular weight is 402 g/mol. The lowest BCUT2D eigenvalue weighted by Crippen LogP contribution is -2.17. The molecule has 0 aliphatic carbocycles. The van der Waals surface area contributed by atoms with E-state index in [0.717, 1.165) is 16.5 Å². The molecule has 3 aromatic carbocycles. The number of hydrogen-bond donors (Lipinski definition) is 0. The Hall–Kier alpha value is -4.06. The number of carbonyl (C=O) groups excluding carboxylic acids is 1. The molecule has 0 N–H and O–H groups in total. The van der Waals surface area contributed by atoms with Gasteiger partial charge >= 0.3 is 11.6 Å². The topological polar surface area (TPSA) is 75.0 Å². The zero-order chi connectivity index (χ0) is 20.9. The van der Waals surface area contributed by atoms with Crippen molar-refractivity contribution in [2.24, 2.45) is 0 Å². The SMILES string of the molecule is COc1ccc(OCC(=O)Oc2ccc3c(-c4ccccc4)cc(=O)oc3c2)cc1. The average Bonchev–Trinajstić information content (AvgIpc) is 2.78. The zero-order valence-electron chi connectivity index (χ0n) is 16.2. The van der Waals surface area contributed by atoms with Gasteiger partial charge in [-0.3, -0.25) is 0 Å². The summed E-state index contributed by atoms with van der Waals surface area (Å²) in [6, 6.07) is 22.8. The minimum atomic E-state index is -0.577. The Morgan fingerprint density at radius 2 is 1.57 bits per heavy atom. The first kappa shape index (κ1) is 19.3. The minimum absolute atomic E-state index is 0.263. The molecule has 6 heteroatoms. The lowest BCUT2D eigenvalue weighted by atomic mass is 10.0. The van der Waals surface area contributed by atoms with Gasteiger partial charge in [-0.15, -0.1) is 0 Å². The van der Waals surface area contributed by atoms with Crippen LogP contribution in [0.1, 0.15) is 0 Å². The van der Waals surface area contributed by atoms with Gasteiger partial charge in [-0.1, -0.05) is 30.3 Å². The fraction of sp³-hybridized carbons (Fsp3) is 0.0833. The van der Waals surface area contributed by atoms with Gasteiger partial charge in [0.05, 0.1) is 7.11 Å². The Kier molecular flexibility index (Phi) is 5.48. The Morgan fingerprint density at radius 3 is 2.30 bits per heavy atom. The normalized spacial score (nSPS) is 10.6. The van der Waals surface area contributed by atoms with E-state index in [2.05, 4.69) is 0 Å². The summed E-state index contributed by atoms with van der Waals surface area (Å²) in [5, 5.41) is 0.745. The molecule has 0 amide bonds. The number of hydrogen-bond acceptors (Lipinski definition) is 6. The van der Waals surface area contributed by atoms with E-state index in [4.69, 9.17) is 18.6 Å². The Morgan fingerprint density at radius 1 is 0.867 bits per heavy atom. The van der Waals surface area contributed by atoms with Crippen molar-refractivity contribution in [2.45, 2.75) is 0 Å².